The molecule has 1 fully saturated rings. The Kier molecular flexibility index (Phi) is 7.66. The summed E-state index contributed by atoms with van der Waals surface area (Å²) >= 11 is 0. The molecule has 1 saturated heterocycles. The highest BCUT2D eigenvalue weighted by Crippen LogP contribution is 2.36. The highest BCUT2D eigenvalue weighted by atomic mass is 16.6. The van der Waals surface area contributed by atoms with E-state index in [1.54, 1.807) is 25.2 Å². The van der Waals surface area contributed by atoms with E-state index >= 15 is 0 Å². The zero-order valence-corrected chi connectivity index (χ0v) is 21.1. The van der Waals surface area contributed by atoms with Crippen LogP contribution in [0.5, 0.6) is 11.6 Å². The predicted octanol–water partition coefficient (Wildman–Crippen LogP) is 2.60. The molecule has 1 aromatic heterocycles. The Morgan fingerprint density at radius 1 is 1.17 bits per heavy atom. The number of likely N-dealkylation sites (tertiary alicyclic amines) is 1. The number of fused-ring (bicyclic) bond motifs is 3. The van der Waals surface area contributed by atoms with Crippen molar-refractivity contribution in [2.24, 2.45) is 0 Å². The molecule has 2 aliphatic rings. The molecule has 0 aliphatic carbocycles. The van der Waals surface area contributed by atoms with Gasteiger partial charge in [-0.05, 0) is 51.0 Å². The zero-order valence-electron chi connectivity index (χ0n) is 21.1. The van der Waals surface area contributed by atoms with Gasteiger partial charge in [0.1, 0.15) is 24.6 Å². The molecule has 0 unspecified atom stereocenters. The number of nitrogens with one attached hydrogen (secondary N) is 1. The number of methoxy groups -OCH3 is 2. The van der Waals surface area contributed by atoms with Crippen LogP contribution in [-0.4, -0.2) is 74.3 Å². The molecule has 0 saturated carbocycles. The van der Waals surface area contributed by atoms with E-state index < -0.39 is 0 Å². The van der Waals surface area contributed by atoms with Crippen molar-refractivity contribution in [3.8, 4) is 22.9 Å². The molecule has 190 valence electrons. The average Bonchev–Trinajstić information content (AvgIpc) is 2.80. The summed E-state index contributed by atoms with van der Waals surface area (Å²) in [4.78, 5) is 26.6. The molecule has 9 nitrogen and oxygen atoms in total. The second-order valence-corrected chi connectivity index (χ2v) is 9.41. The van der Waals surface area contributed by atoms with Gasteiger partial charge < -0.3 is 33.7 Å². The van der Waals surface area contributed by atoms with Crippen molar-refractivity contribution in [1.82, 2.24) is 14.8 Å². The van der Waals surface area contributed by atoms with E-state index in [1.165, 1.54) is 0 Å². The molecule has 2 amide bonds. The van der Waals surface area contributed by atoms with Gasteiger partial charge in [0.25, 0.3) is 0 Å². The molecule has 4 rings (SSSR count). The van der Waals surface area contributed by atoms with Gasteiger partial charge in [-0.15, -0.1) is 0 Å². The SMILES string of the molecule is COC[C@@H](COc1cc(=O)c(C)c2n1CCc1cc(OC3CN(C(=O)NC(C)C)C3)ccc1-2)OC. The Hall–Kier alpha value is -3.04. The molecule has 0 bridgehead atoms. The molecule has 1 aromatic carbocycles. The average molecular weight is 486 g/mol. The summed E-state index contributed by atoms with van der Waals surface area (Å²) in [7, 11) is 3.23. The summed E-state index contributed by atoms with van der Waals surface area (Å²) in [6.45, 7) is 8.27. The number of carbonyl (C=O) groups excluding carboxylic acids is 1. The third kappa shape index (κ3) is 5.46. The number of hydrogen-bond donors (Lipinski definition) is 1. The van der Waals surface area contributed by atoms with Crippen LogP contribution < -0.4 is 20.2 Å². The lowest BCUT2D eigenvalue weighted by Gasteiger charge is -2.39. The smallest absolute Gasteiger partial charge is 0.317 e. The first kappa shape index (κ1) is 25.1. The minimum absolute atomic E-state index is 0.0213. The van der Waals surface area contributed by atoms with Crippen molar-refractivity contribution in [1.29, 1.82) is 0 Å². The van der Waals surface area contributed by atoms with Gasteiger partial charge in [-0.2, -0.15) is 0 Å². The van der Waals surface area contributed by atoms with Crippen LogP contribution in [0, 0.1) is 6.92 Å². The summed E-state index contributed by atoms with van der Waals surface area (Å²) in [5.74, 6) is 1.31. The van der Waals surface area contributed by atoms with Crippen LogP contribution in [-0.2, 0) is 22.4 Å². The van der Waals surface area contributed by atoms with Crippen LogP contribution in [0.3, 0.4) is 0 Å². The highest BCUT2D eigenvalue weighted by molar-refractivity contribution is 5.75. The van der Waals surface area contributed by atoms with Crippen molar-refractivity contribution in [3.63, 3.8) is 0 Å². The molecule has 1 atom stereocenters. The van der Waals surface area contributed by atoms with Crippen molar-refractivity contribution in [3.05, 3.63) is 45.6 Å². The number of pyridine rings is 1. The number of nitrogens with zero attached hydrogens (tertiary/aromatic N) is 2. The number of aryl methyl sites for hydroxylation is 1. The molecular weight excluding hydrogens is 450 g/mol. The van der Waals surface area contributed by atoms with Crippen molar-refractivity contribution < 1.29 is 23.7 Å². The molecule has 0 radical (unpaired) electrons. The second kappa shape index (κ2) is 10.7. The van der Waals surface area contributed by atoms with Crippen LogP contribution in [0.25, 0.3) is 11.3 Å². The predicted molar refractivity (Wildman–Crippen MR) is 132 cm³/mol. The molecule has 2 aliphatic heterocycles. The molecule has 1 N–H and O–H groups in total. The Bertz CT molecular complexity index is 1120. The van der Waals surface area contributed by atoms with Gasteiger partial charge in [0, 0.05) is 44.0 Å². The lowest BCUT2D eigenvalue weighted by atomic mass is 9.94. The van der Waals surface area contributed by atoms with E-state index in [-0.39, 0.29) is 29.7 Å². The second-order valence-electron chi connectivity index (χ2n) is 9.41. The van der Waals surface area contributed by atoms with E-state index in [0.717, 1.165) is 29.0 Å². The third-order valence-electron chi connectivity index (χ3n) is 6.41. The third-order valence-corrected chi connectivity index (χ3v) is 6.41. The molecule has 9 heteroatoms. The van der Waals surface area contributed by atoms with Crippen molar-refractivity contribution in [2.45, 2.75) is 52.0 Å². The number of ether oxygens (including phenoxy) is 4. The fraction of sp³-hybridized carbons (Fsp3) is 0.538. The molecule has 35 heavy (non-hydrogen) atoms. The Morgan fingerprint density at radius 3 is 2.63 bits per heavy atom. The van der Waals surface area contributed by atoms with Crippen LogP contribution >= 0.6 is 0 Å². The van der Waals surface area contributed by atoms with E-state index in [4.69, 9.17) is 18.9 Å². The highest BCUT2D eigenvalue weighted by Gasteiger charge is 2.33. The van der Waals surface area contributed by atoms with Crippen LogP contribution in [0.15, 0.2) is 29.1 Å². The largest absolute Gasteiger partial charge is 0.487 e. The normalized spacial score (nSPS) is 15.8. The summed E-state index contributed by atoms with van der Waals surface area (Å²) in [5, 5.41) is 2.90. The molecule has 0 spiro atoms. The van der Waals surface area contributed by atoms with E-state index in [1.807, 2.05) is 39.0 Å². The van der Waals surface area contributed by atoms with E-state index in [0.29, 0.717) is 44.3 Å². The number of aromatic nitrogens is 1. The summed E-state index contributed by atoms with van der Waals surface area (Å²) in [6.07, 6.45) is 0.548. The number of urea groups is 1. The molecule has 3 heterocycles. The van der Waals surface area contributed by atoms with Gasteiger partial charge in [-0.3, -0.25) is 4.79 Å². The monoisotopic (exact) mass is 485 g/mol. The summed E-state index contributed by atoms with van der Waals surface area (Å²) in [5.41, 5.74) is 3.65. The standard InChI is InChI=1S/C26H35N3O6/c1-16(2)27-26(31)28-12-20(13-28)35-19-6-7-22-18(10-19)8-9-29-24(11-23(30)17(3)25(22)29)34-15-21(33-5)14-32-4/h6-7,10-11,16,20-21H,8-9,12-15H2,1-5H3,(H,27,31)/t21-/m0/s1. The van der Waals surface area contributed by atoms with E-state index in [2.05, 4.69) is 9.88 Å². The lowest BCUT2D eigenvalue weighted by molar-refractivity contribution is -0.000948. The Balaban J connectivity index is 1.49. The van der Waals surface area contributed by atoms with Gasteiger partial charge in [0.2, 0.25) is 0 Å². The molecule has 2 aromatic rings. The Labute approximate surface area is 205 Å². The number of hydrogen-bond acceptors (Lipinski definition) is 6. The van der Waals surface area contributed by atoms with Crippen LogP contribution in [0.1, 0.15) is 25.0 Å². The maximum absolute atomic E-state index is 12.8. The minimum atomic E-state index is -0.220. The zero-order chi connectivity index (χ0) is 25.1. The van der Waals surface area contributed by atoms with Crippen LogP contribution in [0.2, 0.25) is 0 Å². The van der Waals surface area contributed by atoms with Gasteiger partial charge >= 0.3 is 6.03 Å². The first-order valence-electron chi connectivity index (χ1n) is 12.0. The maximum Gasteiger partial charge on any atom is 0.317 e. The van der Waals surface area contributed by atoms with Crippen LogP contribution in [0.4, 0.5) is 4.79 Å². The van der Waals surface area contributed by atoms with Crippen molar-refractivity contribution >= 4 is 6.03 Å². The van der Waals surface area contributed by atoms with Crippen molar-refractivity contribution in [2.75, 3.05) is 40.5 Å². The molecular formula is C26H35N3O6. The number of amides is 2. The summed E-state index contributed by atoms with van der Waals surface area (Å²) < 4.78 is 24.7. The number of benzene rings is 1. The fourth-order valence-corrected chi connectivity index (χ4v) is 4.49. The van der Waals surface area contributed by atoms with Gasteiger partial charge in [0.05, 0.1) is 25.4 Å². The number of rotatable bonds is 9. The van der Waals surface area contributed by atoms with Gasteiger partial charge in [-0.25, -0.2) is 4.79 Å². The van der Waals surface area contributed by atoms with Gasteiger partial charge in [-0.1, -0.05) is 0 Å². The quantitative estimate of drug-likeness (QED) is 0.587. The van der Waals surface area contributed by atoms with Gasteiger partial charge in [0.15, 0.2) is 11.3 Å². The number of carbonyl (C=O) groups is 1. The maximum atomic E-state index is 12.8. The Morgan fingerprint density at radius 2 is 1.94 bits per heavy atom. The fourth-order valence-electron chi connectivity index (χ4n) is 4.49. The topological polar surface area (TPSA) is 91.3 Å². The first-order chi connectivity index (χ1) is 16.8. The summed E-state index contributed by atoms with van der Waals surface area (Å²) in [6, 6.07) is 7.60. The van der Waals surface area contributed by atoms with E-state index in [9.17, 15) is 9.59 Å². The minimum Gasteiger partial charge on any atom is -0.487 e. The first-order valence-corrected chi connectivity index (χ1v) is 12.0. The lowest BCUT2D eigenvalue weighted by Crippen LogP contribution is -2.59.